The maximum atomic E-state index is 11.9. The average molecular weight is 285 g/mol. The van der Waals surface area contributed by atoms with Gasteiger partial charge in [-0.3, -0.25) is 4.79 Å². The third-order valence-corrected chi connectivity index (χ3v) is 4.67. The van der Waals surface area contributed by atoms with Crippen LogP contribution < -0.4 is 16.0 Å². The van der Waals surface area contributed by atoms with Crippen LogP contribution in [-0.2, 0) is 11.3 Å². The Labute approximate surface area is 122 Å². The summed E-state index contributed by atoms with van der Waals surface area (Å²) in [6.07, 6.45) is 3.98. The molecule has 2 unspecified atom stereocenters. The van der Waals surface area contributed by atoms with Crippen LogP contribution in [0.15, 0.2) is 24.4 Å². The van der Waals surface area contributed by atoms with Crippen molar-refractivity contribution < 1.29 is 4.79 Å². The number of imidazole rings is 1. The number of hydrogen-bond acceptors (Lipinski definition) is 4. The number of nitrogens with one attached hydrogen (secondary N) is 1. The lowest BCUT2D eigenvalue weighted by atomic mass is 9.91. The molecule has 6 nitrogen and oxygen atoms in total. The quantitative estimate of drug-likeness (QED) is 0.843. The Balaban J connectivity index is 1.80. The second kappa shape index (κ2) is 4.73. The first kappa shape index (κ1) is 12.6. The van der Waals surface area contributed by atoms with Gasteiger partial charge in [0.15, 0.2) is 5.82 Å². The number of fused-ring (bicyclic) bond motifs is 2. The van der Waals surface area contributed by atoms with Gasteiger partial charge in [-0.2, -0.15) is 0 Å². The zero-order valence-corrected chi connectivity index (χ0v) is 11.8. The lowest BCUT2D eigenvalue weighted by Gasteiger charge is -2.36. The number of nitrogens with two attached hydrogens (primary N) is 1. The molecule has 2 saturated heterocycles. The number of amides is 1. The summed E-state index contributed by atoms with van der Waals surface area (Å²) in [6.45, 7) is 2.09. The van der Waals surface area contributed by atoms with Gasteiger partial charge in [0.1, 0.15) is 5.65 Å². The summed E-state index contributed by atoms with van der Waals surface area (Å²) in [4.78, 5) is 19.0. The van der Waals surface area contributed by atoms with Gasteiger partial charge in [0.05, 0.1) is 17.7 Å². The van der Waals surface area contributed by atoms with Crippen molar-refractivity contribution in [2.75, 3.05) is 18.0 Å². The first-order valence-electron chi connectivity index (χ1n) is 7.50. The molecule has 0 bridgehead atoms. The minimum atomic E-state index is 0.0918. The molecule has 0 aromatic carbocycles. The molecular formula is C15H19N5O. The van der Waals surface area contributed by atoms with E-state index < -0.39 is 0 Å². The average Bonchev–Trinajstić information content (AvgIpc) is 3.08. The van der Waals surface area contributed by atoms with Crippen molar-refractivity contribution in [1.82, 2.24) is 14.7 Å². The molecule has 2 aliphatic heterocycles. The van der Waals surface area contributed by atoms with E-state index in [9.17, 15) is 4.79 Å². The van der Waals surface area contributed by atoms with Gasteiger partial charge in [0.25, 0.3) is 0 Å². The molecule has 0 saturated carbocycles. The standard InChI is InChI=1S/C15H19N5O/c16-8-11-14(18-13-5-1-2-6-19(11)13)20-7-3-4-10-12(20)9-17-15(10)21/h1-2,5-6,10,12H,3-4,7-9,16H2,(H,17,21). The minimum absolute atomic E-state index is 0.0918. The SMILES string of the molecule is NCc1c(N2CCCC3C(=O)NCC32)nc2ccccn12. The minimum Gasteiger partial charge on any atom is -0.354 e. The van der Waals surface area contributed by atoms with Gasteiger partial charge in [-0.15, -0.1) is 0 Å². The van der Waals surface area contributed by atoms with Crippen molar-refractivity contribution >= 4 is 17.4 Å². The van der Waals surface area contributed by atoms with E-state index in [4.69, 9.17) is 10.7 Å². The van der Waals surface area contributed by atoms with Crippen molar-refractivity contribution in [3.05, 3.63) is 30.1 Å². The maximum Gasteiger partial charge on any atom is 0.225 e. The van der Waals surface area contributed by atoms with Gasteiger partial charge in [-0.25, -0.2) is 4.98 Å². The zero-order chi connectivity index (χ0) is 14.4. The van der Waals surface area contributed by atoms with Gasteiger partial charge in [-0.1, -0.05) is 6.07 Å². The Kier molecular flexibility index (Phi) is 2.85. The van der Waals surface area contributed by atoms with Gasteiger partial charge < -0.3 is 20.4 Å². The van der Waals surface area contributed by atoms with Gasteiger partial charge in [-0.05, 0) is 25.0 Å². The van der Waals surface area contributed by atoms with Crippen LogP contribution in [0, 0.1) is 5.92 Å². The summed E-state index contributed by atoms with van der Waals surface area (Å²) in [5.41, 5.74) is 7.89. The van der Waals surface area contributed by atoms with Crippen molar-refractivity contribution in [3.63, 3.8) is 0 Å². The molecular weight excluding hydrogens is 266 g/mol. The summed E-state index contributed by atoms with van der Waals surface area (Å²) in [6, 6.07) is 6.16. The van der Waals surface area contributed by atoms with Crippen molar-refractivity contribution in [1.29, 1.82) is 0 Å². The van der Waals surface area contributed by atoms with Crippen LogP contribution in [0.4, 0.5) is 5.82 Å². The molecule has 6 heteroatoms. The molecule has 0 radical (unpaired) electrons. The Hall–Kier alpha value is -2.08. The molecule has 3 N–H and O–H groups in total. The number of carbonyl (C=O) groups is 1. The predicted octanol–water partition coefficient (Wildman–Crippen LogP) is 0.508. The summed E-state index contributed by atoms with van der Waals surface area (Å²) < 4.78 is 2.04. The number of rotatable bonds is 2. The number of carbonyl (C=O) groups excluding carboxylic acids is 1. The Morgan fingerprint density at radius 3 is 3.19 bits per heavy atom. The monoisotopic (exact) mass is 285 g/mol. The smallest absolute Gasteiger partial charge is 0.225 e. The summed E-state index contributed by atoms with van der Waals surface area (Å²) in [5.74, 6) is 1.21. The van der Waals surface area contributed by atoms with Crippen LogP contribution in [0.3, 0.4) is 0 Å². The number of nitrogens with zero attached hydrogens (tertiary/aromatic N) is 3. The van der Waals surface area contributed by atoms with E-state index in [0.717, 1.165) is 36.5 Å². The lowest BCUT2D eigenvalue weighted by Crippen LogP contribution is -2.46. The highest BCUT2D eigenvalue weighted by Gasteiger charge is 2.42. The van der Waals surface area contributed by atoms with E-state index >= 15 is 0 Å². The fourth-order valence-corrected chi connectivity index (χ4v) is 3.67. The molecule has 4 rings (SSSR count). The zero-order valence-electron chi connectivity index (χ0n) is 11.8. The van der Waals surface area contributed by atoms with E-state index in [1.54, 1.807) is 0 Å². The molecule has 2 aromatic heterocycles. The van der Waals surface area contributed by atoms with E-state index in [1.165, 1.54) is 0 Å². The molecule has 2 atom stereocenters. The Morgan fingerprint density at radius 2 is 2.33 bits per heavy atom. The van der Waals surface area contributed by atoms with Crippen LogP contribution >= 0.6 is 0 Å². The molecule has 2 aromatic rings. The van der Waals surface area contributed by atoms with Gasteiger partial charge in [0, 0.05) is 25.8 Å². The van der Waals surface area contributed by atoms with Crippen LogP contribution in [0.25, 0.3) is 5.65 Å². The highest BCUT2D eigenvalue weighted by molar-refractivity contribution is 5.83. The second-order valence-electron chi connectivity index (χ2n) is 5.77. The van der Waals surface area contributed by atoms with Gasteiger partial charge >= 0.3 is 0 Å². The summed E-state index contributed by atoms with van der Waals surface area (Å²) in [5, 5.41) is 2.99. The second-order valence-corrected chi connectivity index (χ2v) is 5.77. The number of hydrogen-bond donors (Lipinski definition) is 2. The van der Waals surface area contributed by atoms with Crippen LogP contribution in [-0.4, -0.2) is 34.4 Å². The third-order valence-electron chi connectivity index (χ3n) is 4.67. The van der Waals surface area contributed by atoms with Crippen molar-refractivity contribution in [3.8, 4) is 0 Å². The largest absolute Gasteiger partial charge is 0.354 e. The molecule has 0 spiro atoms. The highest BCUT2D eigenvalue weighted by Crippen LogP contribution is 2.33. The van der Waals surface area contributed by atoms with E-state index in [2.05, 4.69) is 10.2 Å². The normalized spacial score (nSPS) is 25.2. The first-order chi connectivity index (χ1) is 10.3. The lowest BCUT2D eigenvalue weighted by molar-refractivity contribution is -0.122. The first-order valence-corrected chi connectivity index (χ1v) is 7.50. The number of aromatic nitrogens is 2. The maximum absolute atomic E-state index is 11.9. The van der Waals surface area contributed by atoms with Crippen molar-refractivity contribution in [2.24, 2.45) is 11.7 Å². The predicted molar refractivity (Wildman–Crippen MR) is 80.0 cm³/mol. The number of piperidine rings is 1. The topological polar surface area (TPSA) is 75.7 Å². The summed E-state index contributed by atoms with van der Waals surface area (Å²) >= 11 is 0. The fraction of sp³-hybridized carbons (Fsp3) is 0.467. The Bertz CT molecular complexity index is 694. The highest BCUT2D eigenvalue weighted by atomic mass is 16.2. The third kappa shape index (κ3) is 1.82. The molecule has 2 fully saturated rings. The van der Waals surface area contributed by atoms with Crippen molar-refractivity contribution in [2.45, 2.75) is 25.4 Å². The number of pyridine rings is 1. The van der Waals surface area contributed by atoms with Crippen LogP contribution in [0.5, 0.6) is 0 Å². The number of anilines is 1. The van der Waals surface area contributed by atoms with Gasteiger partial charge in [0.2, 0.25) is 5.91 Å². The fourth-order valence-electron chi connectivity index (χ4n) is 3.67. The molecule has 0 aliphatic carbocycles. The molecule has 21 heavy (non-hydrogen) atoms. The molecule has 4 heterocycles. The molecule has 2 aliphatic rings. The van der Waals surface area contributed by atoms with E-state index in [1.807, 2.05) is 28.8 Å². The molecule has 1 amide bonds. The summed E-state index contributed by atoms with van der Waals surface area (Å²) in [7, 11) is 0. The van der Waals surface area contributed by atoms with Crippen LogP contribution in [0.2, 0.25) is 0 Å². The molecule has 110 valence electrons. The van der Waals surface area contributed by atoms with E-state index in [-0.39, 0.29) is 17.9 Å². The Morgan fingerprint density at radius 1 is 1.43 bits per heavy atom. The van der Waals surface area contributed by atoms with Crippen LogP contribution in [0.1, 0.15) is 18.5 Å². The van der Waals surface area contributed by atoms with E-state index in [0.29, 0.717) is 13.1 Å².